The lowest BCUT2D eigenvalue weighted by atomic mass is 9.87. The molecular weight excluding hydrogens is 176 g/mol. The van der Waals surface area contributed by atoms with Gasteiger partial charge in [0.2, 0.25) is 0 Å². The van der Waals surface area contributed by atoms with Crippen molar-refractivity contribution in [3.05, 3.63) is 29.8 Å². The molecule has 0 saturated carbocycles. The van der Waals surface area contributed by atoms with E-state index in [0.29, 0.717) is 0 Å². The van der Waals surface area contributed by atoms with Crippen LogP contribution in [0.1, 0.15) is 25.3 Å². The first-order valence-electron chi connectivity index (χ1n) is 4.66. The fourth-order valence-corrected chi connectivity index (χ4v) is 1.64. The monoisotopic (exact) mass is 192 g/mol. The Kier molecular flexibility index (Phi) is 3.12. The van der Waals surface area contributed by atoms with Gasteiger partial charge in [-0.25, -0.2) is 0 Å². The Morgan fingerprint density at radius 3 is 2.36 bits per heavy atom. The molecule has 4 N–H and O–H groups in total. The van der Waals surface area contributed by atoms with Crippen LogP contribution in [-0.4, -0.2) is 10.9 Å². The summed E-state index contributed by atoms with van der Waals surface area (Å²) in [5.41, 5.74) is 6.24. The number of hydrogen-bond acceptors (Lipinski definition) is 2. The van der Waals surface area contributed by atoms with Gasteiger partial charge in [0.25, 0.3) is 0 Å². The lowest BCUT2D eigenvalue weighted by Gasteiger charge is -2.20. The van der Waals surface area contributed by atoms with Crippen LogP contribution in [-0.2, 0) is 0 Å². The summed E-state index contributed by atoms with van der Waals surface area (Å²) in [6.45, 7) is 3.97. The zero-order valence-corrected chi connectivity index (χ0v) is 8.49. The van der Waals surface area contributed by atoms with E-state index in [-0.39, 0.29) is 23.4 Å². The normalized spacial score (nSPS) is 12.8. The highest BCUT2D eigenvalue weighted by atomic mass is 16.3. The molecule has 1 aromatic carbocycles. The minimum Gasteiger partial charge on any atom is -0.508 e. The van der Waals surface area contributed by atoms with E-state index in [4.69, 9.17) is 11.1 Å². The van der Waals surface area contributed by atoms with Gasteiger partial charge in [0.1, 0.15) is 5.75 Å². The van der Waals surface area contributed by atoms with Crippen LogP contribution in [0.5, 0.6) is 5.75 Å². The molecule has 0 aliphatic carbocycles. The van der Waals surface area contributed by atoms with Crippen molar-refractivity contribution in [2.45, 2.75) is 19.8 Å². The summed E-state index contributed by atoms with van der Waals surface area (Å²) < 4.78 is 0. The molecule has 3 nitrogen and oxygen atoms in total. The molecule has 0 aliphatic rings. The molecule has 0 bridgehead atoms. The van der Waals surface area contributed by atoms with Crippen LogP contribution < -0.4 is 5.73 Å². The third-order valence-corrected chi connectivity index (χ3v) is 2.27. The van der Waals surface area contributed by atoms with Gasteiger partial charge in [0.05, 0.1) is 5.84 Å². The first-order chi connectivity index (χ1) is 6.54. The number of hydrogen-bond donors (Lipinski definition) is 3. The quantitative estimate of drug-likeness (QED) is 0.507. The van der Waals surface area contributed by atoms with E-state index in [0.717, 1.165) is 5.56 Å². The average molecular weight is 192 g/mol. The van der Waals surface area contributed by atoms with Crippen LogP contribution >= 0.6 is 0 Å². The third-order valence-electron chi connectivity index (χ3n) is 2.27. The minimum absolute atomic E-state index is 0.0986. The van der Waals surface area contributed by atoms with E-state index in [1.807, 2.05) is 19.9 Å². The van der Waals surface area contributed by atoms with Gasteiger partial charge in [-0.2, -0.15) is 0 Å². The van der Waals surface area contributed by atoms with Gasteiger partial charge in [-0.15, -0.1) is 0 Å². The lowest BCUT2D eigenvalue weighted by Crippen LogP contribution is -2.24. The summed E-state index contributed by atoms with van der Waals surface area (Å²) in [6, 6.07) is 7.03. The van der Waals surface area contributed by atoms with Gasteiger partial charge in [-0.3, -0.25) is 5.41 Å². The highest BCUT2D eigenvalue weighted by Gasteiger charge is 2.21. The maximum Gasteiger partial charge on any atom is 0.119 e. The molecule has 1 atom stereocenters. The summed E-state index contributed by atoms with van der Waals surface area (Å²) in [7, 11) is 0. The number of rotatable bonds is 3. The Morgan fingerprint density at radius 1 is 1.36 bits per heavy atom. The van der Waals surface area contributed by atoms with Crippen LogP contribution in [0.15, 0.2) is 24.3 Å². The maximum absolute atomic E-state index is 9.63. The van der Waals surface area contributed by atoms with Crippen LogP contribution in [0.4, 0.5) is 0 Å². The van der Waals surface area contributed by atoms with Crippen LogP contribution in [0.2, 0.25) is 0 Å². The molecule has 0 aliphatic heterocycles. The van der Waals surface area contributed by atoms with Crippen molar-refractivity contribution in [3.8, 4) is 5.75 Å². The fraction of sp³-hybridized carbons (Fsp3) is 0.364. The predicted octanol–water partition coefficient (Wildman–Crippen LogP) is 2.07. The molecule has 14 heavy (non-hydrogen) atoms. The van der Waals surface area contributed by atoms with E-state index in [2.05, 4.69) is 0 Å². The van der Waals surface area contributed by atoms with Crippen LogP contribution in [0.3, 0.4) is 0 Å². The van der Waals surface area contributed by atoms with Crippen LogP contribution in [0.25, 0.3) is 0 Å². The first-order valence-corrected chi connectivity index (χ1v) is 4.66. The van der Waals surface area contributed by atoms with E-state index < -0.39 is 0 Å². The second-order valence-electron chi connectivity index (χ2n) is 3.74. The minimum atomic E-state index is -0.198. The molecule has 0 aromatic heterocycles. The summed E-state index contributed by atoms with van der Waals surface area (Å²) in [6.07, 6.45) is 0. The third kappa shape index (κ3) is 2.05. The Balaban J connectivity index is 3.12. The van der Waals surface area contributed by atoms with E-state index in [1.54, 1.807) is 18.2 Å². The number of para-hydroxylation sites is 1. The zero-order chi connectivity index (χ0) is 10.7. The van der Waals surface area contributed by atoms with Gasteiger partial charge in [-0.05, 0) is 12.0 Å². The Labute approximate surface area is 84.1 Å². The van der Waals surface area contributed by atoms with E-state index >= 15 is 0 Å². The Hall–Kier alpha value is -1.51. The topological polar surface area (TPSA) is 70.1 Å². The first kappa shape index (κ1) is 10.6. The summed E-state index contributed by atoms with van der Waals surface area (Å²) in [5.74, 6) is 0.319. The van der Waals surface area contributed by atoms with Crippen molar-refractivity contribution in [1.82, 2.24) is 0 Å². The van der Waals surface area contributed by atoms with Crippen molar-refractivity contribution in [2.75, 3.05) is 0 Å². The summed E-state index contributed by atoms with van der Waals surface area (Å²) >= 11 is 0. The van der Waals surface area contributed by atoms with Crippen molar-refractivity contribution < 1.29 is 5.11 Å². The summed E-state index contributed by atoms with van der Waals surface area (Å²) in [4.78, 5) is 0. The lowest BCUT2D eigenvalue weighted by molar-refractivity contribution is 0.457. The molecule has 0 amide bonds. The number of phenols is 1. The number of nitrogens with one attached hydrogen (secondary N) is 1. The van der Waals surface area contributed by atoms with Crippen molar-refractivity contribution in [2.24, 2.45) is 11.7 Å². The van der Waals surface area contributed by atoms with Crippen molar-refractivity contribution in [3.63, 3.8) is 0 Å². The molecule has 1 rings (SSSR count). The molecule has 0 saturated heterocycles. The second-order valence-corrected chi connectivity index (χ2v) is 3.74. The van der Waals surface area contributed by atoms with Gasteiger partial charge in [0, 0.05) is 11.5 Å². The number of phenolic OH excluding ortho intramolecular Hbond substituents is 1. The molecule has 1 aromatic rings. The second kappa shape index (κ2) is 4.13. The highest BCUT2D eigenvalue weighted by Crippen LogP contribution is 2.30. The summed E-state index contributed by atoms with van der Waals surface area (Å²) in [5, 5.41) is 17.1. The average Bonchev–Trinajstić information content (AvgIpc) is 2.07. The smallest absolute Gasteiger partial charge is 0.119 e. The highest BCUT2D eigenvalue weighted by molar-refractivity contribution is 5.85. The van der Waals surface area contributed by atoms with Gasteiger partial charge >= 0.3 is 0 Å². The standard InChI is InChI=1S/C11H16N2O/c1-7(2)10(11(12)13)8-5-3-4-6-9(8)14/h3-7,10,14H,1-2H3,(H3,12,13). The molecule has 3 heteroatoms. The van der Waals surface area contributed by atoms with Gasteiger partial charge in [0.15, 0.2) is 0 Å². The molecule has 0 spiro atoms. The Bertz CT molecular complexity index is 334. The zero-order valence-electron chi connectivity index (χ0n) is 8.49. The largest absolute Gasteiger partial charge is 0.508 e. The number of aromatic hydroxyl groups is 1. The predicted molar refractivity (Wildman–Crippen MR) is 57.6 cm³/mol. The van der Waals surface area contributed by atoms with E-state index in [9.17, 15) is 5.11 Å². The molecule has 1 unspecified atom stereocenters. The molecule has 0 fully saturated rings. The number of nitrogens with two attached hydrogens (primary N) is 1. The molecule has 0 heterocycles. The van der Waals surface area contributed by atoms with Crippen LogP contribution in [0, 0.1) is 11.3 Å². The van der Waals surface area contributed by atoms with Gasteiger partial charge < -0.3 is 10.8 Å². The molecule has 0 radical (unpaired) electrons. The molecule has 76 valence electrons. The van der Waals surface area contributed by atoms with Gasteiger partial charge in [-0.1, -0.05) is 32.0 Å². The SMILES string of the molecule is CC(C)C(C(=N)N)c1ccccc1O. The number of amidine groups is 1. The van der Waals surface area contributed by atoms with E-state index in [1.165, 1.54) is 0 Å². The number of benzene rings is 1. The Morgan fingerprint density at radius 2 is 1.93 bits per heavy atom. The molecular formula is C11H16N2O. The fourth-order valence-electron chi connectivity index (χ4n) is 1.64. The maximum atomic E-state index is 9.63. The van der Waals surface area contributed by atoms with Crippen molar-refractivity contribution in [1.29, 1.82) is 5.41 Å². The van der Waals surface area contributed by atoms with Crippen molar-refractivity contribution >= 4 is 5.84 Å².